The van der Waals surface area contributed by atoms with Gasteiger partial charge in [0.2, 0.25) is 0 Å². The summed E-state index contributed by atoms with van der Waals surface area (Å²) in [4.78, 5) is 22.1. The number of aliphatic hydroxyl groups excluding tert-OH is 2. The Morgan fingerprint density at radius 3 is 2.30 bits per heavy atom. The highest BCUT2D eigenvalue weighted by Crippen LogP contribution is 2.25. The van der Waals surface area contributed by atoms with Crippen LogP contribution in [-0.4, -0.2) is 39.5 Å². The highest BCUT2D eigenvalue weighted by molar-refractivity contribution is 5.92. The number of aliphatic carboxylic acids is 1. The summed E-state index contributed by atoms with van der Waals surface area (Å²) in [6.07, 6.45) is -4.37. The molecule has 0 bridgehead atoms. The van der Waals surface area contributed by atoms with Crippen LogP contribution in [0.25, 0.3) is 10.8 Å². The quantitative estimate of drug-likeness (QED) is 0.556. The summed E-state index contributed by atoms with van der Waals surface area (Å²) in [5.74, 6) is -2.74. The van der Waals surface area contributed by atoms with Crippen LogP contribution in [0.15, 0.2) is 42.5 Å². The lowest BCUT2D eigenvalue weighted by atomic mass is 10.1. The maximum atomic E-state index is 11.6. The zero-order valence-electron chi connectivity index (χ0n) is 10.3. The Morgan fingerprint density at radius 1 is 0.950 bits per heavy atom. The maximum Gasteiger partial charge on any atom is 0.343 e. The first kappa shape index (κ1) is 14.0. The fraction of sp³-hybridized carbons (Fsp3) is 0.143. The zero-order chi connectivity index (χ0) is 14.7. The van der Waals surface area contributed by atoms with Crippen LogP contribution in [0.5, 0.6) is 5.75 Å². The molecule has 0 aliphatic heterocycles. The van der Waals surface area contributed by atoms with Crippen LogP contribution in [0, 0.1) is 0 Å². The number of fused-ring (bicyclic) bond motifs is 1. The molecule has 0 fully saturated rings. The number of hydrogen-bond donors (Lipinski definition) is 3. The van der Waals surface area contributed by atoms with Crippen LogP contribution < -0.4 is 4.74 Å². The number of carbonyl (C=O) groups excluding carboxylic acids is 1. The maximum absolute atomic E-state index is 11.6. The van der Waals surface area contributed by atoms with Gasteiger partial charge < -0.3 is 20.1 Å². The summed E-state index contributed by atoms with van der Waals surface area (Å²) in [5, 5.41) is 28.5. The van der Waals surface area contributed by atoms with Crippen molar-refractivity contribution < 1.29 is 29.6 Å². The largest absolute Gasteiger partial charge is 0.479 e. The van der Waals surface area contributed by atoms with E-state index in [9.17, 15) is 14.7 Å². The van der Waals surface area contributed by atoms with Gasteiger partial charge in [-0.05, 0) is 11.5 Å². The highest BCUT2D eigenvalue weighted by atomic mass is 16.6. The molecule has 0 radical (unpaired) electrons. The second-order valence-corrected chi connectivity index (χ2v) is 4.13. The van der Waals surface area contributed by atoms with Gasteiger partial charge in [-0.25, -0.2) is 9.59 Å². The average Bonchev–Trinajstić information content (AvgIpc) is 2.46. The third-order valence-electron chi connectivity index (χ3n) is 2.75. The molecule has 2 rings (SSSR count). The predicted octanol–water partition coefficient (Wildman–Crippen LogP) is 0.552. The van der Waals surface area contributed by atoms with E-state index in [1.54, 1.807) is 18.2 Å². The molecule has 6 heteroatoms. The lowest BCUT2D eigenvalue weighted by Crippen LogP contribution is -2.41. The van der Waals surface area contributed by atoms with E-state index >= 15 is 0 Å². The molecular weight excluding hydrogens is 264 g/mol. The van der Waals surface area contributed by atoms with Crippen LogP contribution in [0.1, 0.15) is 0 Å². The van der Waals surface area contributed by atoms with E-state index in [1.165, 1.54) is 6.07 Å². The van der Waals surface area contributed by atoms with Crippen molar-refractivity contribution in [2.24, 2.45) is 0 Å². The van der Waals surface area contributed by atoms with Crippen LogP contribution >= 0.6 is 0 Å². The highest BCUT2D eigenvalue weighted by Gasteiger charge is 2.31. The molecule has 0 aliphatic rings. The van der Waals surface area contributed by atoms with Crippen molar-refractivity contribution in [1.82, 2.24) is 0 Å². The van der Waals surface area contributed by atoms with E-state index in [4.69, 9.17) is 14.9 Å². The molecule has 6 nitrogen and oxygen atoms in total. The molecule has 0 saturated heterocycles. The van der Waals surface area contributed by atoms with E-state index in [1.807, 2.05) is 18.2 Å². The number of aliphatic hydroxyl groups is 2. The molecule has 0 amide bonds. The summed E-state index contributed by atoms with van der Waals surface area (Å²) in [5.41, 5.74) is 0. The van der Waals surface area contributed by atoms with Crippen molar-refractivity contribution in [2.75, 3.05) is 0 Å². The second kappa shape index (κ2) is 5.68. The minimum Gasteiger partial charge on any atom is -0.479 e. The Balaban J connectivity index is 2.24. The van der Waals surface area contributed by atoms with Gasteiger partial charge in [-0.3, -0.25) is 0 Å². The standard InChI is InChI=1S/C14H12O6/c15-11(13(17)18)12(16)14(19)20-10-7-3-5-8-4-1-2-6-9(8)10/h1-7,11-12,15-16H,(H,17,18). The average molecular weight is 276 g/mol. The molecule has 0 aromatic heterocycles. The van der Waals surface area contributed by atoms with Crippen molar-refractivity contribution in [2.45, 2.75) is 12.2 Å². The molecule has 0 aliphatic carbocycles. The van der Waals surface area contributed by atoms with E-state index in [0.717, 1.165) is 5.39 Å². The molecule has 2 aromatic rings. The second-order valence-electron chi connectivity index (χ2n) is 4.13. The first-order valence-electron chi connectivity index (χ1n) is 5.79. The van der Waals surface area contributed by atoms with Gasteiger partial charge in [0.15, 0.2) is 12.2 Å². The van der Waals surface area contributed by atoms with Gasteiger partial charge in [-0.2, -0.15) is 0 Å². The number of hydrogen-bond acceptors (Lipinski definition) is 5. The number of esters is 1. The van der Waals surface area contributed by atoms with Crippen LogP contribution in [-0.2, 0) is 9.59 Å². The molecule has 2 unspecified atom stereocenters. The number of benzene rings is 2. The molecule has 0 heterocycles. The van der Waals surface area contributed by atoms with Crippen LogP contribution in [0.3, 0.4) is 0 Å². The molecule has 0 saturated carbocycles. The number of carboxylic acid groups (broad SMARTS) is 1. The Bertz CT molecular complexity index is 646. The molecular formula is C14H12O6. The predicted molar refractivity (Wildman–Crippen MR) is 69.2 cm³/mol. The lowest BCUT2D eigenvalue weighted by Gasteiger charge is -2.14. The van der Waals surface area contributed by atoms with Crippen molar-refractivity contribution >= 4 is 22.7 Å². The van der Waals surface area contributed by atoms with Crippen LogP contribution in [0.2, 0.25) is 0 Å². The summed E-state index contributed by atoms with van der Waals surface area (Å²) < 4.78 is 4.95. The van der Waals surface area contributed by atoms with Crippen molar-refractivity contribution in [3.05, 3.63) is 42.5 Å². The van der Waals surface area contributed by atoms with Gasteiger partial charge in [0.25, 0.3) is 0 Å². The smallest absolute Gasteiger partial charge is 0.343 e. The van der Waals surface area contributed by atoms with E-state index in [2.05, 4.69) is 0 Å². The minimum atomic E-state index is -2.22. The van der Waals surface area contributed by atoms with Gasteiger partial charge in [-0.15, -0.1) is 0 Å². The van der Waals surface area contributed by atoms with Crippen LogP contribution in [0.4, 0.5) is 0 Å². The van der Waals surface area contributed by atoms with Gasteiger partial charge in [0.05, 0.1) is 0 Å². The van der Waals surface area contributed by atoms with Crippen molar-refractivity contribution in [1.29, 1.82) is 0 Å². The summed E-state index contributed by atoms with van der Waals surface area (Å²) >= 11 is 0. The molecule has 3 N–H and O–H groups in total. The topological polar surface area (TPSA) is 104 Å². The van der Waals surface area contributed by atoms with Gasteiger partial charge in [0, 0.05) is 5.39 Å². The normalized spacial score (nSPS) is 13.7. The van der Waals surface area contributed by atoms with E-state index in [0.29, 0.717) is 5.39 Å². The monoisotopic (exact) mass is 276 g/mol. The summed E-state index contributed by atoms with van der Waals surface area (Å²) in [6, 6.07) is 12.1. The number of ether oxygens (including phenoxy) is 1. The molecule has 104 valence electrons. The fourth-order valence-electron chi connectivity index (χ4n) is 1.72. The van der Waals surface area contributed by atoms with Crippen molar-refractivity contribution in [3.63, 3.8) is 0 Å². The van der Waals surface area contributed by atoms with E-state index in [-0.39, 0.29) is 5.75 Å². The molecule has 0 spiro atoms. The number of rotatable bonds is 4. The Morgan fingerprint density at radius 2 is 1.60 bits per heavy atom. The van der Waals surface area contributed by atoms with Crippen molar-refractivity contribution in [3.8, 4) is 5.75 Å². The third kappa shape index (κ3) is 2.76. The van der Waals surface area contributed by atoms with E-state index < -0.39 is 24.1 Å². The third-order valence-corrected chi connectivity index (χ3v) is 2.75. The van der Waals surface area contributed by atoms with Gasteiger partial charge in [0.1, 0.15) is 5.75 Å². The Labute approximate surface area is 113 Å². The SMILES string of the molecule is O=C(O)C(O)C(O)C(=O)Oc1cccc2ccccc12. The number of carbonyl (C=O) groups is 2. The Hall–Kier alpha value is -2.44. The zero-order valence-corrected chi connectivity index (χ0v) is 10.3. The Kier molecular flexibility index (Phi) is 3.97. The molecule has 20 heavy (non-hydrogen) atoms. The first-order chi connectivity index (χ1) is 9.50. The number of carboxylic acids is 1. The summed E-state index contributed by atoms with van der Waals surface area (Å²) in [7, 11) is 0. The lowest BCUT2D eigenvalue weighted by molar-refractivity contribution is -0.164. The summed E-state index contributed by atoms with van der Waals surface area (Å²) in [6.45, 7) is 0. The first-order valence-corrected chi connectivity index (χ1v) is 5.79. The molecule has 2 aromatic carbocycles. The fourth-order valence-corrected chi connectivity index (χ4v) is 1.72. The van der Waals surface area contributed by atoms with Gasteiger partial charge >= 0.3 is 11.9 Å². The minimum absolute atomic E-state index is 0.185. The van der Waals surface area contributed by atoms with Gasteiger partial charge in [-0.1, -0.05) is 36.4 Å². The molecule has 2 atom stereocenters.